The van der Waals surface area contributed by atoms with E-state index in [2.05, 4.69) is 4.90 Å². The van der Waals surface area contributed by atoms with Crippen molar-refractivity contribution in [1.29, 1.82) is 0 Å². The van der Waals surface area contributed by atoms with Crippen LogP contribution in [0.25, 0.3) is 11.7 Å². The van der Waals surface area contributed by atoms with Gasteiger partial charge in [-0.15, -0.1) is 0 Å². The summed E-state index contributed by atoms with van der Waals surface area (Å²) in [6.45, 7) is 5.53. The van der Waals surface area contributed by atoms with Crippen molar-refractivity contribution in [2.24, 2.45) is 5.92 Å². The van der Waals surface area contributed by atoms with Crippen LogP contribution < -0.4 is 16.0 Å². The van der Waals surface area contributed by atoms with Crippen molar-refractivity contribution in [2.75, 3.05) is 37.7 Å². The lowest BCUT2D eigenvalue weighted by atomic mass is 9.83. The number of piperidine rings is 1. The van der Waals surface area contributed by atoms with E-state index in [0.717, 1.165) is 12.1 Å². The van der Waals surface area contributed by atoms with Crippen molar-refractivity contribution in [2.45, 2.75) is 32.2 Å². The normalized spacial score (nSPS) is 21.7. The van der Waals surface area contributed by atoms with Crippen molar-refractivity contribution < 1.29 is 9.53 Å². The molecule has 0 unspecified atom stereocenters. The van der Waals surface area contributed by atoms with E-state index in [1.165, 1.54) is 16.2 Å². The molecule has 2 bridgehead atoms. The third-order valence-electron chi connectivity index (χ3n) is 7.55. The first-order valence-corrected chi connectivity index (χ1v) is 14.5. The first-order valence-electron chi connectivity index (χ1n) is 13.2. The van der Waals surface area contributed by atoms with Gasteiger partial charge < -0.3 is 14.2 Å². The van der Waals surface area contributed by atoms with Crippen LogP contribution in [0.5, 0.6) is 0 Å². The number of pyridine rings is 2. The minimum Gasteiger partial charge on any atom is -0.382 e. The van der Waals surface area contributed by atoms with E-state index in [1.807, 2.05) is 35.8 Å². The maximum atomic E-state index is 13.8. The van der Waals surface area contributed by atoms with Crippen LogP contribution in [0.3, 0.4) is 0 Å². The second-order valence-electron chi connectivity index (χ2n) is 10.1. The van der Waals surface area contributed by atoms with E-state index in [4.69, 9.17) is 21.9 Å². The highest BCUT2D eigenvalue weighted by Gasteiger charge is 2.37. The van der Waals surface area contributed by atoms with Crippen LogP contribution in [0.4, 0.5) is 5.82 Å². The number of amides is 1. The Bertz CT molecular complexity index is 1610. The minimum atomic E-state index is -0.232. The molecular weight excluding hydrogens is 534 g/mol. The molecule has 0 radical (unpaired) electrons. The fraction of sp³-hybridized carbons (Fsp3) is 0.393. The van der Waals surface area contributed by atoms with Gasteiger partial charge in [-0.05, 0) is 50.0 Å². The molecular formula is C28H29N5O4S2. The van der Waals surface area contributed by atoms with Crippen molar-refractivity contribution in [1.82, 2.24) is 18.9 Å². The number of hydrogen-bond donors (Lipinski definition) is 0. The van der Waals surface area contributed by atoms with Gasteiger partial charge in [-0.1, -0.05) is 36.1 Å². The Balaban J connectivity index is 1.38. The van der Waals surface area contributed by atoms with Crippen LogP contribution in [-0.2, 0) is 16.1 Å². The molecule has 39 heavy (non-hydrogen) atoms. The summed E-state index contributed by atoms with van der Waals surface area (Å²) in [5.74, 6) is 0.769. The molecule has 6 heterocycles. The number of anilines is 1. The third kappa shape index (κ3) is 4.83. The van der Waals surface area contributed by atoms with Gasteiger partial charge in [0.2, 0.25) is 0 Å². The van der Waals surface area contributed by atoms with Gasteiger partial charge in [0.15, 0.2) is 0 Å². The predicted molar refractivity (Wildman–Crippen MR) is 156 cm³/mol. The summed E-state index contributed by atoms with van der Waals surface area (Å²) in [5, 5.41) is 0. The number of fused-ring (bicyclic) bond motifs is 5. The van der Waals surface area contributed by atoms with Crippen LogP contribution in [0, 0.1) is 5.92 Å². The minimum absolute atomic E-state index is 0.0293. The molecule has 0 aromatic carbocycles. The summed E-state index contributed by atoms with van der Waals surface area (Å²) in [6.07, 6.45) is 5.02. The lowest BCUT2D eigenvalue weighted by Crippen LogP contribution is -2.48. The number of carbonyl (C=O) groups excluding carboxylic acids is 1. The van der Waals surface area contributed by atoms with E-state index in [9.17, 15) is 14.4 Å². The Morgan fingerprint density at radius 2 is 2.00 bits per heavy atom. The second-order valence-corrected chi connectivity index (χ2v) is 11.7. The molecule has 3 aliphatic heterocycles. The van der Waals surface area contributed by atoms with Gasteiger partial charge in [0.1, 0.15) is 15.8 Å². The van der Waals surface area contributed by atoms with Gasteiger partial charge in [-0.25, -0.2) is 4.98 Å². The van der Waals surface area contributed by atoms with Gasteiger partial charge in [0.05, 0.1) is 10.5 Å². The molecule has 6 rings (SSSR count). The molecule has 2 saturated heterocycles. The van der Waals surface area contributed by atoms with Crippen molar-refractivity contribution >= 4 is 51.7 Å². The number of rotatable bonds is 7. The Kier molecular flexibility index (Phi) is 7.13. The highest BCUT2D eigenvalue weighted by Crippen LogP contribution is 2.38. The van der Waals surface area contributed by atoms with Crippen molar-refractivity contribution in [3.8, 4) is 0 Å². The smallest absolute Gasteiger partial charge is 0.267 e. The zero-order valence-electron chi connectivity index (χ0n) is 21.6. The zero-order chi connectivity index (χ0) is 27.1. The molecule has 3 aromatic rings. The Morgan fingerprint density at radius 3 is 2.85 bits per heavy atom. The van der Waals surface area contributed by atoms with E-state index in [1.54, 1.807) is 29.3 Å². The summed E-state index contributed by atoms with van der Waals surface area (Å²) >= 11 is 6.72. The highest BCUT2D eigenvalue weighted by molar-refractivity contribution is 8.26. The summed E-state index contributed by atoms with van der Waals surface area (Å²) < 4.78 is 9.28. The van der Waals surface area contributed by atoms with Crippen LogP contribution >= 0.6 is 24.0 Å². The Labute approximate surface area is 235 Å². The fourth-order valence-electron chi connectivity index (χ4n) is 5.82. The van der Waals surface area contributed by atoms with Crippen LogP contribution in [0.15, 0.2) is 57.1 Å². The topological polar surface area (TPSA) is 89.2 Å². The number of ether oxygens (including phenoxy) is 1. The van der Waals surface area contributed by atoms with Crippen LogP contribution in [0.2, 0.25) is 0 Å². The van der Waals surface area contributed by atoms with E-state index in [-0.39, 0.29) is 28.9 Å². The number of aromatic nitrogens is 3. The van der Waals surface area contributed by atoms with E-state index < -0.39 is 0 Å². The lowest BCUT2D eigenvalue weighted by Gasteiger charge is -2.43. The van der Waals surface area contributed by atoms with Gasteiger partial charge in [-0.2, -0.15) is 0 Å². The van der Waals surface area contributed by atoms with Crippen LogP contribution in [-0.4, -0.2) is 61.9 Å². The van der Waals surface area contributed by atoms with Gasteiger partial charge in [-0.3, -0.25) is 23.7 Å². The monoisotopic (exact) mass is 563 g/mol. The highest BCUT2D eigenvalue weighted by atomic mass is 32.2. The Hall–Kier alpha value is -3.28. The molecule has 202 valence electrons. The molecule has 0 N–H and O–H groups in total. The van der Waals surface area contributed by atoms with E-state index in [0.29, 0.717) is 72.1 Å². The molecule has 1 amide bonds. The maximum Gasteiger partial charge on any atom is 0.267 e. The first-order chi connectivity index (χ1) is 18.9. The van der Waals surface area contributed by atoms with Crippen LogP contribution in [0.1, 0.15) is 36.9 Å². The standard InChI is InChI=1S/C28H29N5O4S2/c1-2-37-12-6-11-32-27(36)22(39-28(32)38)14-20-25(29-23-8-3-4-10-31(23)26(20)35)30-15-18-13-19(17-30)21-7-5-9-24(34)33(21)16-18/h3-5,7-10,14,18-19H,2,6,11-13,15-17H2,1H3/b22-14-/t18-,19+/m1/s1. The summed E-state index contributed by atoms with van der Waals surface area (Å²) in [5.41, 5.74) is 1.74. The zero-order valence-corrected chi connectivity index (χ0v) is 23.2. The lowest BCUT2D eigenvalue weighted by molar-refractivity contribution is -0.122. The molecule has 0 saturated carbocycles. The number of thioether (sulfide) groups is 1. The SMILES string of the molecule is CCOCCCN1C(=O)/C(=C/c2c(N3C[C@H]4C[C@@H](C3)c3cccc(=O)n3C4)nc3ccccn3c2=O)SC1=S. The van der Waals surface area contributed by atoms with Gasteiger partial charge >= 0.3 is 0 Å². The largest absolute Gasteiger partial charge is 0.382 e. The average Bonchev–Trinajstić information content (AvgIpc) is 3.20. The number of thiocarbonyl (C=S) groups is 1. The maximum absolute atomic E-state index is 13.8. The molecule has 9 nitrogen and oxygen atoms in total. The predicted octanol–water partition coefficient (Wildman–Crippen LogP) is 3.11. The summed E-state index contributed by atoms with van der Waals surface area (Å²) in [6, 6.07) is 10.9. The van der Waals surface area contributed by atoms with Gasteiger partial charge in [0, 0.05) is 63.3 Å². The average molecular weight is 564 g/mol. The van der Waals surface area contributed by atoms with Gasteiger partial charge in [0.25, 0.3) is 17.0 Å². The van der Waals surface area contributed by atoms with Crippen molar-refractivity contribution in [3.63, 3.8) is 0 Å². The summed E-state index contributed by atoms with van der Waals surface area (Å²) in [4.78, 5) is 48.7. The molecule has 3 aromatic heterocycles. The summed E-state index contributed by atoms with van der Waals surface area (Å²) in [7, 11) is 0. The molecule has 11 heteroatoms. The Morgan fingerprint density at radius 1 is 1.13 bits per heavy atom. The second kappa shape index (κ2) is 10.7. The number of nitrogens with zero attached hydrogens (tertiary/aromatic N) is 5. The molecule has 2 fully saturated rings. The molecule has 3 aliphatic rings. The first kappa shape index (κ1) is 26.0. The molecule has 0 aliphatic carbocycles. The fourth-order valence-corrected chi connectivity index (χ4v) is 7.11. The number of carbonyl (C=O) groups is 1. The molecule has 2 atom stereocenters. The quantitative estimate of drug-likeness (QED) is 0.246. The third-order valence-corrected chi connectivity index (χ3v) is 8.93. The number of hydrogen-bond acceptors (Lipinski definition) is 8. The van der Waals surface area contributed by atoms with Crippen molar-refractivity contribution in [3.05, 3.63) is 79.5 Å². The molecule has 0 spiro atoms. The van der Waals surface area contributed by atoms with E-state index >= 15 is 0 Å².